The van der Waals surface area contributed by atoms with E-state index in [0.717, 1.165) is 5.56 Å². The Balaban J connectivity index is 2.37. The highest BCUT2D eigenvalue weighted by Crippen LogP contribution is 2.31. The topological polar surface area (TPSA) is 61.0 Å². The van der Waals surface area contributed by atoms with Gasteiger partial charge in [0.25, 0.3) is 0 Å². The number of nitrogen functional groups attached to an aromatic ring is 1. The number of rotatable bonds is 3. The lowest BCUT2D eigenvalue weighted by atomic mass is 10.2. The van der Waals surface area contributed by atoms with Crippen LogP contribution in [0.3, 0.4) is 0 Å². The summed E-state index contributed by atoms with van der Waals surface area (Å²) in [6, 6.07) is 4.17. The standard InChI is InChI=1S/C12H11BrFN3O/c1-2-8-11(15)16-6-17-12(8)18-10-4-3-7(14)5-9(10)13/h3-6H,2H2,1H3,(H2,15,16,17). The summed E-state index contributed by atoms with van der Waals surface area (Å²) < 4.78 is 19.1. The molecule has 2 N–H and O–H groups in total. The van der Waals surface area contributed by atoms with Crippen molar-refractivity contribution in [1.29, 1.82) is 0 Å². The SMILES string of the molecule is CCc1c(N)ncnc1Oc1ccc(F)cc1Br. The average molecular weight is 312 g/mol. The highest BCUT2D eigenvalue weighted by Gasteiger charge is 2.11. The zero-order valence-corrected chi connectivity index (χ0v) is 11.2. The number of nitrogens with zero attached hydrogens (tertiary/aromatic N) is 2. The molecule has 0 aliphatic rings. The molecule has 0 unspecified atom stereocenters. The third-order valence-corrected chi connectivity index (χ3v) is 3.01. The third kappa shape index (κ3) is 2.59. The molecule has 94 valence electrons. The van der Waals surface area contributed by atoms with Gasteiger partial charge in [0.2, 0.25) is 5.88 Å². The second-order valence-electron chi connectivity index (χ2n) is 3.57. The maximum Gasteiger partial charge on any atom is 0.227 e. The minimum absolute atomic E-state index is 0.341. The number of hydrogen-bond donors (Lipinski definition) is 1. The fourth-order valence-corrected chi connectivity index (χ4v) is 1.92. The minimum atomic E-state index is -0.341. The Labute approximate surface area is 112 Å². The predicted molar refractivity (Wildman–Crippen MR) is 70.0 cm³/mol. The smallest absolute Gasteiger partial charge is 0.227 e. The van der Waals surface area contributed by atoms with Crippen LogP contribution in [0.4, 0.5) is 10.2 Å². The second-order valence-corrected chi connectivity index (χ2v) is 4.43. The van der Waals surface area contributed by atoms with E-state index < -0.39 is 0 Å². The zero-order valence-electron chi connectivity index (χ0n) is 9.65. The number of hydrogen-bond acceptors (Lipinski definition) is 4. The van der Waals surface area contributed by atoms with Gasteiger partial charge < -0.3 is 10.5 Å². The maximum atomic E-state index is 13.0. The van der Waals surface area contributed by atoms with Gasteiger partial charge in [0, 0.05) is 0 Å². The van der Waals surface area contributed by atoms with Gasteiger partial charge in [-0.25, -0.2) is 14.4 Å². The van der Waals surface area contributed by atoms with E-state index in [9.17, 15) is 4.39 Å². The van der Waals surface area contributed by atoms with Crippen molar-refractivity contribution in [3.8, 4) is 11.6 Å². The van der Waals surface area contributed by atoms with Gasteiger partial charge in [0.15, 0.2) is 0 Å². The lowest BCUT2D eigenvalue weighted by Crippen LogP contribution is -2.02. The molecule has 4 nitrogen and oxygen atoms in total. The molecule has 0 radical (unpaired) electrons. The molecule has 1 aromatic heterocycles. The van der Waals surface area contributed by atoms with Crippen LogP contribution >= 0.6 is 15.9 Å². The van der Waals surface area contributed by atoms with Gasteiger partial charge in [-0.15, -0.1) is 0 Å². The first-order valence-electron chi connectivity index (χ1n) is 5.34. The summed E-state index contributed by atoms with van der Waals surface area (Å²) >= 11 is 3.23. The molecular weight excluding hydrogens is 301 g/mol. The van der Waals surface area contributed by atoms with Gasteiger partial charge >= 0.3 is 0 Å². The van der Waals surface area contributed by atoms with Crippen molar-refractivity contribution in [1.82, 2.24) is 9.97 Å². The molecule has 1 aromatic carbocycles. The van der Waals surface area contributed by atoms with E-state index >= 15 is 0 Å². The van der Waals surface area contributed by atoms with E-state index in [4.69, 9.17) is 10.5 Å². The second kappa shape index (κ2) is 5.30. The Morgan fingerprint density at radius 2 is 2.17 bits per heavy atom. The molecule has 0 aliphatic carbocycles. The Bertz CT molecular complexity index is 577. The fourth-order valence-electron chi connectivity index (χ4n) is 1.49. The Morgan fingerprint density at radius 1 is 1.39 bits per heavy atom. The van der Waals surface area contributed by atoms with Crippen molar-refractivity contribution in [3.63, 3.8) is 0 Å². The highest BCUT2D eigenvalue weighted by atomic mass is 79.9. The van der Waals surface area contributed by atoms with E-state index in [1.165, 1.54) is 24.5 Å². The number of aromatic nitrogens is 2. The predicted octanol–water partition coefficient (Wildman–Crippen LogP) is 3.32. The van der Waals surface area contributed by atoms with E-state index in [1.54, 1.807) is 0 Å². The molecule has 1 heterocycles. The Hall–Kier alpha value is -1.69. The molecule has 2 aromatic rings. The lowest BCUT2D eigenvalue weighted by molar-refractivity contribution is 0.451. The number of anilines is 1. The molecular formula is C12H11BrFN3O. The summed E-state index contributed by atoms with van der Waals surface area (Å²) in [7, 11) is 0. The van der Waals surface area contributed by atoms with Crippen LogP contribution in [-0.4, -0.2) is 9.97 Å². The van der Waals surface area contributed by atoms with Crippen LogP contribution in [0.2, 0.25) is 0 Å². The van der Waals surface area contributed by atoms with Gasteiger partial charge in [-0.05, 0) is 40.5 Å². The van der Waals surface area contributed by atoms with Crippen LogP contribution in [0.25, 0.3) is 0 Å². The van der Waals surface area contributed by atoms with Crippen LogP contribution in [0.1, 0.15) is 12.5 Å². The van der Waals surface area contributed by atoms with Gasteiger partial charge in [0.1, 0.15) is 23.7 Å². The minimum Gasteiger partial charge on any atom is -0.437 e. The lowest BCUT2D eigenvalue weighted by Gasteiger charge is -2.11. The molecule has 0 fully saturated rings. The average Bonchev–Trinajstić information content (AvgIpc) is 2.33. The molecule has 6 heteroatoms. The number of benzene rings is 1. The van der Waals surface area contributed by atoms with Crippen molar-refractivity contribution in [2.45, 2.75) is 13.3 Å². The quantitative estimate of drug-likeness (QED) is 0.944. The van der Waals surface area contributed by atoms with Crippen LogP contribution in [0.15, 0.2) is 29.0 Å². The Kier molecular flexibility index (Phi) is 3.76. The molecule has 0 atom stereocenters. The summed E-state index contributed by atoms with van der Waals surface area (Å²) in [6.45, 7) is 1.93. The molecule has 18 heavy (non-hydrogen) atoms. The zero-order chi connectivity index (χ0) is 13.1. The largest absolute Gasteiger partial charge is 0.437 e. The molecule has 0 saturated heterocycles. The molecule has 2 rings (SSSR count). The van der Waals surface area contributed by atoms with E-state index in [2.05, 4.69) is 25.9 Å². The number of ether oxygens (including phenoxy) is 1. The monoisotopic (exact) mass is 311 g/mol. The van der Waals surface area contributed by atoms with Gasteiger partial charge in [-0.2, -0.15) is 0 Å². The van der Waals surface area contributed by atoms with E-state index in [-0.39, 0.29) is 5.82 Å². The molecule has 0 amide bonds. The van der Waals surface area contributed by atoms with Crippen molar-refractivity contribution < 1.29 is 9.13 Å². The van der Waals surface area contributed by atoms with Crippen molar-refractivity contribution in [2.75, 3.05) is 5.73 Å². The number of halogens is 2. The first-order chi connectivity index (χ1) is 8.61. The van der Waals surface area contributed by atoms with Crippen molar-refractivity contribution >= 4 is 21.7 Å². The van der Waals surface area contributed by atoms with Gasteiger partial charge in [-0.1, -0.05) is 6.92 Å². The van der Waals surface area contributed by atoms with Crippen LogP contribution in [0.5, 0.6) is 11.6 Å². The molecule has 0 aliphatic heterocycles. The summed E-state index contributed by atoms with van der Waals surface area (Å²) in [5.41, 5.74) is 6.48. The summed E-state index contributed by atoms with van der Waals surface area (Å²) in [4.78, 5) is 7.94. The van der Waals surface area contributed by atoms with Crippen LogP contribution in [0, 0.1) is 5.82 Å². The van der Waals surface area contributed by atoms with Gasteiger partial charge in [0.05, 0.1) is 10.0 Å². The summed E-state index contributed by atoms with van der Waals surface area (Å²) in [6.07, 6.45) is 1.99. The third-order valence-electron chi connectivity index (χ3n) is 2.39. The fraction of sp³-hybridized carbons (Fsp3) is 0.167. The molecule has 0 spiro atoms. The molecule has 0 saturated carbocycles. The van der Waals surface area contributed by atoms with Gasteiger partial charge in [-0.3, -0.25) is 0 Å². The van der Waals surface area contributed by atoms with Crippen LogP contribution in [-0.2, 0) is 6.42 Å². The Morgan fingerprint density at radius 3 is 2.83 bits per heavy atom. The van der Waals surface area contributed by atoms with Crippen molar-refractivity contribution in [3.05, 3.63) is 40.4 Å². The highest BCUT2D eigenvalue weighted by molar-refractivity contribution is 9.10. The maximum absolute atomic E-state index is 13.0. The van der Waals surface area contributed by atoms with E-state index in [1.807, 2.05) is 6.92 Å². The summed E-state index contributed by atoms with van der Waals surface area (Å²) in [5.74, 6) is 0.911. The molecule has 0 bridgehead atoms. The number of nitrogens with two attached hydrogens (primary N) is 1. The summed E-state index contributed by atoms with van der Waals surface area (Å²) in [5, 5.41) is 0. The normalized spacial score (nSPS) is 10.4. The first kappa shape index (κ1) is 12.8. The van der Waals surface area contributed by atoms with Crippen LogP contribution < -0.4 is 10.5 Å². The van der Waals surface area contributed by atoms with E-state index in [0.29, 0.717) is 28.3 Å². The van der Waals surface area contributed by atoms with Crippen molar-refractivity contribution in [2.24, 2.45) is 0 Å². The first-order valence-corrected chi connectivity index (χ1v) is 6.13.